The van der Waals surface area contributed by atoms with E-state index in [-0.39, 0.29) is 11.4 Å². The molecule has 0 spiro atoms. The average Bonchev–Trinajstić information content (AvgIpc) is 2.41. The van der Waals surface area contributed by atoms with Gasteiger partial charge in [0.25, 0.3) is 5.56 Å². The molecular weight excluding hydrogens is 266 g/mol. The fourth-order valence-electron chi connectivity index (χ4n) is 1.52. The van der Waals surface area contributed by atoms with Crippen LogP contribution in [0.5, 0.6) is 0 Å². The Morgan fingerprint density at radius 3 is 2.40 bits per heavy atom. The van der Waals surface area contributed by atoms with E-state index >= 15 is 0 Å². The maximum atomic E-state index is 11.9. The Balaban J connectivity index is 3.15. The minimum absolute atomic E-state index is 0.259. The van der Waals surface area contributed by atoms with E-state index < -0.39 is 29.6 Å². The number of esters is 1. The lowest BCUT2D eigenvalue weighted by atomic mass is 10.2. The third-order valence-corrected chi connectivity index (χ3v) is 2.64. The summed E-state index contributed by atoms with van der Waals surface area (Å²) in [5.74, 6) is -1.73. The summed E-state index contributed by atoms with van der Waals surface area (Å²) in [5, 5.41) is 0. The van der Waals surface area contributed by atoms with Crippen molar-refractivity contribution in [2.45, 2.75) is 6.92 Å². The van der Waals surface area contributed by atoms with Gasteiger partial charge in [-0.15, -0.1) is 0 Å². The van der Waals surface area contributed by atoms with Crippen molar-refractivity contribution in [1.82, 2.24) is 9.13 Å². The van der Waals surface area contributed by atoms with Gasteiger partial charge in [0.1, 0.15) is 11.4 Å². The summed E-state index contributed by atoms with van der Waals surface area (Å²) in [6.45, 7) is 0.991. The highest BCUT2D eigenvalue weighted by Gasteiger charge is 2.20. The van der Waals surface area contributed by atoms with Gasteiger partial charge < -0.3 is 10.5 Å². The molecule has 0 aliphatic rings. The van der Waals surface area contributed by atoms with Gasteiger partial charge in [0.15, 0.2) is 6.61 Å². The van der Waals surface area contributed by atoms with E-state index in [9.17, 15) is 19.2 Å². The number of nitrogens with two attached hydrogens (primary N) is 1. The molecule has 20 heavy (non-hydrogen) atoms. The number of anilines is 1. The van der Waals surface area contributed by atoms with E-state index in [4.69, 9.17) is 5.73 Å². The van der Waals surface area contributed by atoms with Gasteiger partial charge in [0.05, 0.1) is 0 Å². The van der Waals surface area contributed by atoms with Crippen molar-refractivity contribution >= 4 is 17.6 Å². The largest absolute Gasteiger partial charge is 0.454 e. The monoisotopic (exact) mass is 281 g/mol. The maximum Gasteiger partial charge on any atom is 0.332 e. The van der Waals surface area contributed by atoms with Crippen LogP contribution >= 0.6 is 0 Å². The number of nitrogen functional groups attached to an aromatic ring is 1. The number of aromatic nitrogens is 2. The molecule has 0 aliphatic heterocycles. The lowest BCUT2D eigenvalue weighted by molar-refractivity contribution is -0.136. The van der Waals surface area contributed by atoms with Crippen molar-refractivity contribution in [3.8, 4) is 0 Å². The molecule has 1 rings (SSSR count). The highest BCUT2D eigenvalue weighted by molar-refractivity contribution is 6.01. The Labute approximate surface area is 114 Å². The molecule has 1 aromatic heterocycles. The molecule has 1 heterocycles. The summed E-state index contributed by atoms with van der Waals surface area (Å²) in [7, 11) is 2.56. The molecular formula is C12H15N3O5. The van der Waals surface area contributed by atoms with Crippen molar-refractivity contribution in [2.75, 3.05) is 12.3 Å². The fraction of sp³-hybridized carbons (Fsp3) is 0.333. The lowest BCUT2D eigenvalue weighted by Crippen LogP contribution is -2.42. The van der Waals surface area contributed by atoms with Gasteiger partial charge in [-0.2, -0.15) is 0 Å². The molecule has 8 heteroatoms. The second-order valence-corrected chi connectivity index (χ2v) is 4.00. The van der Waals surface area contributed by atoms with Crippen LogP contribution in [-0.2, 0) is 23.6 Å². The Morgan fingerprint density at radius 1 is 1.25 bits per heavy atom. The molecule has 0 saturated heterocycles. The number of nitrogens with zero attached hydrogens (tertiary/aromatic N) is 2. The van der Waals surface area contributed by atoms with E-state index in [0.717, 1.165) is 15.2 Å². The van der Waals surface area contributed by atoms with Gasteiger partial charge in [-0.05, 0) is 6.92 Å². The van der Waals surface area contributed by atoms with Crippen LogP contribution in [0.15, 0.2) is 21.7 Å². The number of ether oxygens (including phenoxy) is 1. The molecule has 8 nitrogen and oxygen atoms in total. The number of hydrogen-bond acceptors (Lipinski definition) is 6. The average molecular weight is 281 g/mol. The Bertz CT molecular complexity index is 696. The second kappa shape index (κ2) is 6.00. The van der Waals surface area contributed by atoms with Crippen LogP contribution in [0, 0.1) is 0 Å². The molecule has 108 valence electrons. The SMILES string of the molecule is CC=CC(=O)OCC(=O)c1c(N)n(C)c(=O)n(C)c1=O. The van der Waals surface area contributed by atoms with Crippen LogP contribution in [0.25, 0.3) is 0 Å². The maximum absolute atomic E-state index is 11.9. The minimum atomic E-state index is -0.822. The highest BCUT2D eigenvalue weighted by Crippen LogP contribution is 2.04. The first kappa shape index (κ1) is 15.4. The summed E-state index contributed by atoms with van der Waals surface area (Å²) < 4.78 is 6.39. The number of carbonyl (C=O) groups is 2. The van der Waals surface area contributed by atoms with Crippen molar-refractivity contribution in [2.24, 2.45) is 14.1 Å². The third kappa shape index (κ3) is 2.85. The molecule has 0 radical (unpaired) electrons. The van der Waals surface area contributed by atoms with Crippen molar-refractivity contribution in [3.05, 3.63) is 38.6 Å². The molecule has 0 amide bonds. The van der Waals surface area contributed by atoms with Gasteiger partial charge in [-0.3, -0.25) is 18.7 Å². The predicted octanol–water partition coefficient (Wildman–Crippen LogP) is -1.03. The van der Waals surface area contributed by atoms with Crippen molar-refractivity contribution < 1.29 is 14.3 Å². The summed E-state index contributed by atoms with van der Waals surface area (Å²) in [6.07, 6.45) is 2.59. The minimum Gasteiger partial charge on any atom is -0.454 e. The number of allylic oxidation sites excluding steroid dienone is 1. The summed E-state index contributed by atoms with van der Waals surface area (Å²) in [4.78, 5) is 46.5. The van der Waals surface area contributed by atoms with Gasteiger partial charge >= 0.3 is 11.7 Å². The van der Waals surface area contributed by atoms with Crippen molar-refractivity contribution in [3.63, 3.8) is 0 Å². The van der Waals surface area contributed by atoms with E-state index in [2.05, 4.69) is 4.74 Å². The number of ketones is 1. The standard InChI is InChI=1S/C12H15N3O5/c1-4-5-8(17)20-6-7(16)9-10(13)14(2)12(19)15(3)11(9)18/h4-5H,6,13H2,1-3H3. The van der Waals surface area contributed by atoms with Crippen LogP contribution in [0.4, 0.5) is 5.82 Å². The lowest BCUT2D eigenvalue weighted by Gasteiger charge is -2.10. The van der Waals surface area contributed by atoms with Crippen LogP contribution < -0.4 is 17.0 Å². The van der Waals surface area contributed by atoms with Crippen LogP contribution in [-0.4, -0.2) is 27.5 Å². The summed E-state index contributed by atoms with van der Waals surface area (Å²) in [6, 6.07) is 0. The Morgan fingerprint density at radius 2 is 1.85 bits per heavy atom. The van der Waals surface area contributed by atoms with Crippen molar-refractivity contribution in [1.29, 1.82) is 0 Å². The summed E-state index contributed by atoms with van der Waals surface area (Å²) in [5.41, 5.74) is 3.76. The van der Waals surface area contributed by atoms with E-state index in [0.29, 0.717) is 0 Å². The zero-order valence-electron chi connectivity index (χ0n) is 11.4. The molecule has 0 unspecified atom stereocenters. The van der Waals surface area contributed by atoms with Crippen LogP contribution in [0.1, 0.15) is 17.3 Å². The van der Waals surface area contributed by atoms with Gasteiger partial charge in [0.2, 0.25) is 5.78 Å². The zero-order valence-corrected chi connectivity index (χ0v) is 11.4. The molecule has 0 aromatic carbocycles. The number of carbonyl (C=O) groups excluding carboxylic acids is 2. The quantitative estimate of drug-likeness (QED) is 0.429. The van der Waals surface area contributed by atoms with Gasteiger partial charge in [-0.25, -0.2) is 9.59 Å². The fourth-order valence-corrected chi connectivity index (χ4v) is 1.52. The highest BCUT2D eigenvalue weighted by atomic mass is 16.5. The van der Waals surface area contributed by atoms with Gasteiger partial charge in [0, 0.05) is 20.2 Å². The topological polar surface area (TPSA) is 113 Å². The Hall–Kier alpha value is -2.64. The van der Waals surface area contributed by atoms with Gasteiger partial charge in [-0.1, -0.05) is 6.08 Å². The first-order chi connectivity index (χ1) is 9.31. The normalized spacial score (nSPS) is 10.8. The molecule has 1 aromatic rings. The van der Waals surface area contributed by atoms with Crippen LogP contribution in [0.2, 0.25) is 0 Å². The smallest absolute Gasteiger partial charge is 0.332 e. The number of rotatable bonds is 4. The van der Waals surface area contributed by atoms with E-state index in [1.807, 2.05) is 0 Å². The number of hydrogen-bond donors (Lipinski definition) is 1. The molecule has 0 bridgehead atoms. The number of Topliss-reactive ketones (excluding diaryl/α,β-unsaturated/α-hetero) is 1. The molecule has 2 N–H and O–H groups in total. The van der Waals surface area contributed by atoms with E-state index in [1.54, 1.807) is 6.92 Å². The molecule has 0 atom stereocenters. The second-order valence-electron chi connectivity index (χ2n) is 4.00. The summed E-state index contributed by atoms with van der Waals surface area (Å²) >= 11 is 0. The molecule has 0 aliphatic carbocycles. The zero-order chi connectivity index (χ0) is 15.4. The van der Waals surface area contributed by atoms with Crippen LogP contribution in [0.3, 0.4) is 0 Å². The Kier molecular flexibility index (Phi) is 4.63. The molecule has 0 saturated carbocycles. The van der Waals surface area contributed by atoms with E-state index in [1.165, 1.54) is 20.2 Å². The predicted molar refractivity (Wildman–Crippen MR) is 71.4 cm³/mol. The third-order valence-electron chi connectivity index (χ3n) is 2.64. The first-order valence-electron chi connectivity index (χ1n) is 5.69. The first-order valence-corrected chi connectivity index (χ1v) is 5.69. The molecule has 0 fully saturated rings.